The van der Waals surface area contributed by atoms with Crippen molar-refractivity contribution in [3.8, 4) is 0 Å². The molecule has 0 bridgehead atoms. The maximum absolute atomic E-state index is 2.49. The Balaban J connectivity index is 2.06. The van der Waals surface area contributed by atoms with E-state index in [1.54, 1.807) is 12.8 Å². The van der Waals surface area contributed by atoms with Gasteiger partial charge in [-0.3, -0.25) is 0 Å². The van der Waals surface area contributed by atoms with Crippen molar-refractivity contribution in [3.05, 3.63) is 0 Å². The van der Waals surface area contributed by atoms with Gasteiger partial charge in [-0.25, -0.2) is 0 Å². The molecule has 0 radical (unpaired) electrons. The standard InChI is InChI=1S/C12H22/c1-3-10-7-8-11-6-4-5-9(2)12(10)11/h9-12H,3-8H2,1-2H3. The molecule has 70 valence electrons. The van der Waals surface area contributed by atoms with Crippen LogP contribution in [0.5, 0.6) is 0 Å². The van der Waals surface area contributed by atoms with Crippen molar-refractivity contribution in [1.29, 1.82) is 0 Å². The van der Waals surface area contributed by atoms with Crippen molar-refractivity contribution in [1.82, 2.24) is 0 Å². The summed E-state index contributed by atoms with van der Waals surface area (Å²) in [7, 11) is 0. The van der Waals surface area contributed by atoms with E-state index < -0.39 is 0 Å². The van der Waals surface area contributed by atoms with Gasteiger partial charge in [0.05, 0.1) is 0 Å². The summed E-state index contributed by atoms with van der Waals surface area (Å²) in [6.07, 6.45) is 9.09. The summed E-state index contributed by atoms with van der Waals surface area (Å²) in [5.74, 6) is 4.36. The van der Waals surface area contributed by atoms with Gasteiger partial charge in [0.2, 0.25) is 0 Å². The molecule has 4 unspecified atom stereocenters. The molecular weight excluding hydrogens is 144 g/mol. The highest BCUT2D eigenvalue weighted by Crippen LogP contribution is 2.49. The van der Waals surface area contributed by atoms with E-state index in [1.807, 2.05) is 0 Å². The van der Waals surface area contributed by atoms with Crippen LogP contribution in [-0.4, -0.2) is 0 Å². The van der Waals surface area contributed by atoms with Gasteiger partial charge < -0.3 is 0 Å². The fraction of sp³-hybridized carbons (Fsp3) is 1.00. The van der Waals surface area contributed by atoms with Gasteiger partial charge in [0.15, 0.2) is 0 Å². The third-order valence-corrected chi connectivity index (χ3v) is 4.41. The SMILES string of the molecule is CCC1CCC2CCCC(C)C12. The molecule has 2 saturated carbocycles. The topological polar surface area (TPSA) is 0 Å². The molecule has 0 aromatic rings. The number of hydrogen-bond acceptors (Lipinski definition) is 0. The van der Waals surface area contributed by atoms with Crippen LogP contribution in [0.25, 0.3) is 0 Å². The molecular formula is C12H22. The highest BCUT2D eigenvalue weighted by molar-refractivity contribution is 4.89. The monoisotopic (exact) mass is 166 g/mol. The van der Waals surface area contributed by atoms with Crippen molar-refractivity contribution in [2.75, 3.05) is 0 Å². The zero-order valence-electron chi connectivity index (χ0n) is 8.55. The minimum absolute atomic E-state index is 1.04. The predicted octanol–water partition coefficient (Wildman–Crippen LogP) is 3.86. The fourth-order valence-corrected chi connectivity index (χ4v) is 3.83. The fourth-order valence-electron chi connectivity index (χ4n) is 3.83. The summed E-state index contributed by atoms with van der Waals surface area (Å²) in [5.41, 5.74) is 0. The highest BCUT2D eigenvalue weighted by Gasteiger charge is 2.39. The van der Waals surface area contributed by atoms with Gasteiger partial charge >= 0.3 is 0 Å². The molecule has 0 aromatic carbocycles. The molecule has 0 heterocycles. The van der Waals surface area contributed by atoms with Crippen LogP contribution in [0.2, 0.25) is 0 Å². The number of rotatable bonds is 1. The van der Waals surface area contributed by atoms with Crippen LogP contribution >= 0.6 is 0 Å². The minimum Gasteiger partial charge on any atom is -0.0651 e. The van der Waals surface area contributed by atoms with Crippen LogP contribution in [0.15, 0.2) is 0 Å². The van der Waals surface area contributed by atoms with Crippen molar-refractivity contribution in [3.63, 3.8) is 0 Å². The molecule has 2 aliphatic rings. The van der Waals surface area contributed by atoms with E-state index in [0.29, 0.717) is 0 Å². The Morgan fingerprint density at radius 3 is 2.67 bits per heavy atom. The van der Waals surface area contributed by atoms with Gasteiger partial charge in [-0.05, 0) is 36.5 Å². The summed E-state index contributed by atoms with van der Waals surface area (Å²) >= 11 is 0. The van der Waals surface area contributed by atoms with Gasteiger partial charge in [-0.2, -0.15) is 0 Å². The molecule has 2 aliphatic carbocycles. The van der Waals surface area contributed by atoms with Gasteiger partial charge in [0.25, 0.3) is 0 Å². The first-order chi connectivity index (χ1) is 5.83. The molecule has 0 nitrogen and oxygen atoms in total. The van der Waals surface area contributed by atoms with E-state index in [0.717, 1.165) is 23.7 Å². The lowest BCUT2D eigenvalue weighted by molar-refractivity contribution is 0.152. The van der Waals surface area contributed by atoms with Crippen LogP contribution in [0.4, 0.5) is 0 Å². The van der Waals surface area contributed by atoms with Crippen LogP contribution in [0.1, 0.15) is 52.4 Å². The lowest BCUT2D eigenvalue weighted by atomic mass is 9.71. The lowest BCUT2D eigenvalue weighted by Crippen LogP contribution is -2.26. The average molecular weight is 166 g/mol. The van der Waals surface area contributed by atoms with E-state index in [9.17, 15) is 0 Å². The van der Waals surface area contributed by atoms with Crippen molar-refractivity contribution in [2.45, 2.75) is 52.4 Å². The van der Waals surface area contributed by atoms with Crippen LogP contribution in [-0.2, 0) is 0 Å². The minimum atomic E-state index is 1.04. The van der Waals surface area contributed by atoms with Gasteiger partial charge in [0, 0.05) is 0 Å². The van der Waals surface area contributed by atoms with E-state index >= 15 is 0 Å². The number of hydrogen-bond donors (Lipinski definition) is 0. The maximum atomic E-state index is 2.49. The summed E-state index contributed by atoms with van der Waals surface area (Å²) in [6, 6.07) is 0. The first kappa shape index (κ1) is 8.59. The quantitative estimate of drug-likeness (QED) is 0.555. The van der Waals surface area contributed by atoms with Gasteiger partial charge in [-0.15, -0.1) is 0 Å². The second-order valence-corrected chi connectivity index (χ2v) is 4.99. The Morgan fingerprint density at radius 2 is 1.92 bits per heavy atom. The normalized spacial score (nSPS) is 47.5. The van der Waals surface area contributed by atoms with Crippen LogP contribution in [0.3, 0.4) is 0 Å². The summed E-state index contributed by atoms with van der Waals surface area (Å²) in [5, 5.41) is 0. The molecule has 2 fully saturated rings. The Labute approximate surface area is 76.7 Å². The molecule has 0 spiro atoms. The summed E-state index contributed by atoms with van der Waals surface area (Å²) in [4.78, 5) is 0. The Hall–Kier alpha value is 0. The summed E-state index contributed by atoms with van der Waals surface area (Å²) < 4.78 is 0. The van der Waals surface area contributed by atoms with E-state index in [4.69, 9.17) is 0 Å². The van der Waals surface area contributed by atoms with Crippen molar-refractivity contribution in [2.24, 2.45) is 23.7 Å². The van der Waals surface area contributed by atoms with Crippen LogP contribution in [0, 0.1) is 23.7 Å². The molecule has 0 aromatic heterocycles. The Kier molecular flexibility index (Phi) is 2.43. The zero-order valence-corrected chi connectivity index (χ0v) is 8.55. The highest BCUT2D eigenvalue weighted by atomic mass is 14.4. The van der Waals surface area contributed by atoms with E-state index in [-0.39, 0.29) is 0 Å². The third kappa shape index (κ3) is 1.30. The second-order valence-electron chi connectivity index (χ2n) is 4.99. The number of fused-ring (bicyclic) bond motifs is 1. The van der Waals surface area contributed by atoms with Gasteiger partial charge in [-0.1, -0.05) is 39.5 Å². The molecule has 4 atom stereocenters. The smallest absolute Gasteiger partial charge is 0.0332 e. The molecule has 0 heteroatoms. The Bertz CT molecular complexity index is 144. The molecule has 12 heavy (non-hydrogen) atoms. The second kappa shape index (κ2) is 3.40. The first-order valence-electron chi connectivity index (χ1n) is 5.83. The molecule has 0 amide bonds. The third-order valence-electron chi connectivity index (χ3n) is 4.41. The largest absolute Gasteiger partial charge is 0.0651 e. The first-order valence-corrected chi connectivity index (χ1v) is 5.83. The molecule has 0 N–H and O–H groups in total. The lowest BCUT2D eigenvalue weighted by Gasteiger charge is -2.34. The Morgan fingerprint density at radius 1 is 1.08 bits per heavy atom. The average Bonchev–Trinajstić information content (AvgIpc) is 2.49. The zero-order chi connectivity index (χ0) is 8.55. The molecule has 0 aliphatic heterocycles. The van der Waals surface area contributed by atoms with Crippen molar-refractivity contribution >= 4 is 0 Å². The predicted molar refractivity (Wildman–Crippen MR) is 53.0 cm³/mol. The van der Waals surface area contributed by atoms with Gasteiger partial charge in [0.1, 0.15) is 0 Å². The van der Waals surface area contributed by atoms with Crippen LogP contribution < -0.4 is 0 Å². The van der Waals surface area contributed by atoms with E-state index in [2.05, 4.69) is 13.8 Å². The van der Waals surface area contributed by atoms with E-state index in [1.165, 1.54) is 25.7 Å². The van der Waals surface area contributed by atoms with Crippen molar-refractivity contribution < 1.29 is 0 Å². The molecule has 2 rings (SSSR count). The molecule has 0 saturated heterocycles. The maximum Gasteiger partial charge on any atom is -0.0332 e. The summed E-state index contributed by atoms with van der Waals surface area (Å²) in [6.45, 7) is 4.87.